The Balaban J connectivity index is 2.37. The number of para-hydroxylation sites is 1. The zero-order valence-electron chi connectivity index (χ0n) is 11.6. The number of benzene rings is 1. The highest BCUT2D eigenvalue weighted by atomic mass is 19.1. The van der Waals surface area contributed by atoms with Gasteiger partial charge in [-0.25, -0.2) is 4.39 Å². The van der Waals surface area contributed by atoms with Crippen molar-refractivity contribution in [2.24, 2.45) is 5.92 Å². The van der Waals surface area contributed by atoms with Crippen LogP contribution in [-0.4, -0.2) is 42.0 Å². The fourth-order valence-corrected chi connectivity index (χ4v) is 1.70. The number of rotatable bonds is 7. The predicted octanol–water partition coefficient (Wildman–Crippen LogP) is 1.81. The molecule has 1 rings (SSSR count). The van der Waals surface area contributed by atoms with E-state index in [0.717, 1.165) is 0 Å². The van der Waals surface area contributed by atoms with Crippen molar-refractivity contribution in [3.63, 3.8) is 0 Å². The zero-order chi connectivity index (χ0) is 15.1. The van der Waals surface area contributed by atoms with Gasteiger partial charge in [-0.1, -0.05) is 19.1 Å². The molecule has 0 fully saturated rings. The van der Waals surface area contributed by atoms with E-state index in [2.05, 4.69) is 5.32 Å². The second-order valence-corrected chi connectivity index (χ2v) is 4.78. The number of hydrogen-bond acceptors (Lipinski definition) is 3. The first-order valence-corrected chi connectivity index (χ1v) is 6.36. The summed E-state index contributed by atoms with van der Waals surface area (Å²) in [7, 11) is 1.75. The second-order valence-electron chi connectivity index (χ2n) is 4.78. The smallest absolute Gasteiger partial charge is 0.307 e. The molecule has 1 amide bonds. The SMILES string of the molecule is CC(CN(C)CCC(=O)Nc1ccccc1F)C(=O)O. The van der Waals surface area contributed by atoms with Crippen molar-refractivity contribution < 1.29 is 19.1 Å². The quantitative estimate of drug-likeness (QED) is 0.800. The highest BCUT2D eigenvalue weighted by molar-refractivity contribution is 5.90. The molecule has 0 radical (unpaired) electrons. The molecule has 0 aliphatic rings. The van der Waals surface area contributed by atoms with Crippen LogP contribution >= 0.6 is 0 Å². The molecule has 0 saturated heterocycles. The van der Waals surface area contributed by atoms with Crippen molar-refractivity contribution in [3.8, 4) is 0 Å². The fraction of sp³-hybridized carbons (Fsp3) is 0.429. The van der Waals surface area contributed by atoms with Crippen LogP contribution in [0.4, 0.5) is 10.1 Å². The van der Waals surface area contributed by atoms with E-state index < -0.39 is 17.7 Å². The molecule has 1 aromatic carbocycles. The Kier molecular flexibility index (Phi) is 6.11. The Hall–Kier alpha value is -1.95. The van der Waals surface area contributed by atoms with E-state index in [4.69, 9.17) is 5.11 Å². The molecule has 0 aliphatic heterocycles. The lowest BCUT2D eigenvalue weighted by Crippen LogP contribution is -2.31. The molecule has 0 spiro atoms. The lowest BCUT2D eigenvalue weighted by atomic mass is 10.2. The first-order chi connectivity index (χ1) is 9.40. The van der Waals surface area contributed by atoms with Crippen LogP contribution in [0.1, 0.15) is 13.3 Å². The van der Waals surface area contributed by atoms with Crippen LogP contribution in [0.5, 0.6) is 0 Å². The molecule has 110 valence electrons. The molecular formula is C14H19FN2O3. The fourth-order valence-electron chi connectivity index (χ4n) is 1.70. The Morgan fingerprint density at radius 3 is 2.65 bits per heavy atom. The number of hydrogen-bond donors (Lipinski definition) is 2. The molecule has 5 nitrogen and oxygen atoms in total. The molecule has 1 unspecified atom stereocenters. The van der Waals surface area contributed by atoms with Gasteiger partial charge in [0.15, 0.2) is 0 Å². The first-order valence-electron chi connectivity index (χ1n) is 6.36. The van der Waals surface area contributed by atoms with Crippen molar-refractivity contribution in [1.29, 1.82) is 0 Å². The molecule has 0 aromatic heterocycles. The Morgan fingerprint density at radius 1 is 1.40 bits per heavy atom. The summed E-state index contributed by atoms with van der Waals surface area (Å²) < 4.78 is 13.3. The number of carbonyl (C=O) groups excluding carboxylic acids is 1. The second kappa shape index (κ2) is 7.59. The van der Waals surface area contributed by atoms with Gasteiger partial charge in [-0.05, 0) is 19.2 Å². The van der Waals surface area contributed by atoms with Crippen molar-refractivity contribution in [2.75, 3.05) is 25.5 Å². The average Bonchev–Trinajstić information content (AvgIpc) is 2.39. The van der Waals surface area contributed by atoms with E-state index in [1.54, 1.807) is 31.0 Å². The van der Waals surface area contributed by atoms with Crippen molar-refractivity contribution in [1.82, 2.24) is 4.90 Å². The average molecular weight is 282 g/mol. The summed E-state index contributed by atoms with van der Waals surface area (Å²) in [4.78, 5) is 24.1. The summed E-state index contributed by atoms with van der Waals surface area (Å²) in [5.74, 6) is -2.14. The maximum atomic E-state index is 13.3. The maximum absolute atomic E-state index is 13.3. The Labute approximate surface area is 117 Å². The predicted molar refractivity (Wildman–Crippen MR) is 73.9 cm³/mol. The summed E-state index contributed by atoms with van der Waals surface area (Å²) >= 11 is 0. The summed E-state index contributed by atoms with van der Waals surface area (Å²) in [6, 6.07) is 5.95. The van der Waals surface area contributed by atoms with E-state index >= 15 is 0 Å². The number of aliphatic carboxylic acids is 1. The summed E-state index contributed by atoms with van der Waals surface area (Å²) in [5, 5.41) is 11.3. The van der Waals surface area contributed by atoms with Gasteiger partial charge < -0.3 is 15.3 Å². The molecule has 1 aromatic rings. The van der Waals surface area contributed by atoms with Gasteiger partial charge in [0.05, 0.1) is 11.6 Å². The van der Waals surface area contributed by atoms with E-state index in [1.165, 1.54) is 12.1 Å². The minimum Gasteiger partial charge on any atom is -0.481 e. The lowest BCUT2D eigenvalue weighted by molar-refractivity contribution is -0.141. The minimum absolute atomic E-state index is 0.152. The van der Waals surface area contributed by atoms with Gasteiger partial charge in [0.25, 0.3) is 0 Å². The number of amides is 1. The summed E-state index contributed by atoms with van der Waals surface area (Å²) in [6.07, 6.45) is 0.178. The van der Waals surface area contributed by atoms with Gasteiger partial charge >= 0.3 is 5.97 Å². The third-order valence-corrected chi connectivity index (χ3v) is 2.88. The van der Waals surface area contributed by atoms with Crippen LogP contribution in [0.3, 0.4) is 0 Å². The van der Waals surface area contributed by atoms with Gasteiger partial charge in [-0.15, -0.1) is 0 Å². The van der Waals surface area contributed by atoms with Gasteiger partial charge in [-0.3, -0.25) is 9.59 Å². The molecule has 2 N–H and O–H groups in total. The topological polar surface area (TPSA) is 69.6 Å². The van der Waals surface area contributed by atoms with Crippen LogP contribution in [0.2, 0.25) is 0 Å². The Bertz CT molecular complexity index is 479. The maximum Gasteiger partial charge on any atom is 0.307 e. The van der Waals surface area contributed by atoms with E-state index in [0.29, 0.717) is 13.1 Å². The Morgan fingerprint density at radius 2 is 2.05 bits per heavy atom. The normalized spacial score (nSPS) is 12.2. The van der Waals surface area contributed by atoms with Gasteiger partial charge in [-0.2, -0.15) is 0 Å². The monoisotopic (exact) mass is 282 g/mol. The van der Waals surface area contributed by atoms with Crippen molar-refractivity contribution in [2.45, 2.75) is 13.3 Å². The summed E-state index contributed by atoms with van der Waals surface area (Å²) in [5.41, 5.74) is 0.152. The van der Waals surface area contributed by atoms with Crippen molar-refractivity contribution >= 4 is 17.6 Å². The lowest BCUT2D eigenvalue weighted by Gasteiger charge is -2.18. The van der Waals surface area contributed by atoms with Crippen LogP contribution in [0, 0.1) is 11.7 Å². The number of halogens is 1. The van der Waals surface area contributed by atoms with Crippen LogP contribution in [-0.2, 0) is 9.59 Å². The molecule has 0 bridgehead atoms. The van der Waals surface area contributed by atoms with E-state index in [1.807, 2.05) is 0 Å². The highest BCUT2D eigenvalue weighted by Crippen LogP contribution is 2.12. The summed E-state index contributed by atoms with van der Waals surface area (Å²) in [6.45, 7) is 2.39. The molecule has 0 heterocycles. The third-order valence-electron chi connectivity index (χ3n) is 2.88. The molecule has 1 atom stereocenters. The largest absolute Gasteiger partial charge is 0.481 e. The molecule has 0 aliphatic carbocycles. The van der Waals surface area contributed by atoms with E-state index in [-0.39, 0.29) is 18.0 Å². The van der Waals surface area contributed by atoms with Gasteiger partial charge in [0.2, 0.25) is 5.91 Å². The standard InChI is InChI=1S/C14H19FN2O3/c1-10(14(19)20)9-17(2)8-7-13(18)16-12-6-4-3-5-11(12)15/h3-6,10H,7-9H2,1-2H3,(H,16,18)(H,19,20). The molecule has 20 heavy (non-hydrogen) atoms. The van der Waals surface area contributed by atoms with Crippen LogP contribution in [0.25, 0.3) is 0 Å². The minimum atomic E-state index is -0.868. The van der Waals surface area contributed by atoms with Crippen LogP contribution < -0.4 is 5.32 Å². The molecule has 6 heteroatoms. The van der Waals surface area contributed by atoms with E-state index in [9.17, 15) is 14.0 Å². The number of carbonyl (C=O) groups is 2. The number of nitrogens with zero attached hydrogens (tertiary/aromatic N) is 1. The number of carboxylic acids is 1. The number of anilines is 1. The highest BCUT2D eigenvalue weighted by Gasteiger charge is 2.14. The number of carboxylic acid groups (broad SMARTS) is 1. The number of nitrogens with one attached hydrogen (secondary N) is 1. The van der Waals surface area contributed by atoms with Gasteiger partial charge in [0.1, 0.15) is 5.82 Å². The third kappa shape index (κ3) is 5.36. The molecule has 0 saturated carbocycles. The first kappa shape index (κ1) is 16.1. The molecular weight excluding hydrogens is 263 g/mol. The zero-order valence-corrected chi connectivity index (χ0v) is 11.6. The van der Waals surface area contributed by atoms with Gasteiger partial charge in [0, 0.05) is 19.5 Å². The van der Waals surface area contributed by atoms with Crippen molar-refractivity contribution in [3.05, 3.63) is 30.1 Å². The van der Waals surface area contributed by atoms with Crippen LogP contribution in [0.15, 0.2) is 24.3 Å².